The Bertz CT molecular complexity index is 429. The zero-order valence-corrected chi connectivity index (χ0v) is 12.0. The molecule has 5 N–H and O–H groups in total. The maximum Gasteiger partial charge on any atom is 0.111 e. The fourth-order valence-electron chi connectivity index (χ4n) is 2.50. The lowest BCUT2D eigenvalue weighted by molar-refractivity contribution is -0.0229. The molecular formula is C15H23NO5. The molecule has 0 saturated carbocycles. The quantitative estimate of drug-likeness (QED) is 0.470. The average molecular weight is 297 g/mol. The summed E-state index contributed by atoms with van der Waals surface area (Å²) in [6, 6.07) is 9.04. The molecule has 118 valence electrons. The van der Waals surface area contributed by atoms with E-state index in [2.05, 4.69) is 5.32 Å². The molecule has 2 rings (SSSR count). The minimum absolute atomic E-state index is 0.242. The third kappa shape index (κ3) is 3.79. The van der Waals surface area contributed by atoms with Crippen LogP contribution in [0.2, 0.25) is 0 Å². The van der Waals surface area contributed by atoms with Crippen LogP contribution >= 0.6 is 0 Å². The van der Waals surface area contributed by atoms with Crippen molar-refractivity contribution in [1.82, 2.24) is 5.32 Å². The summed E-state index contributed by atoms with van der Waals surface area (Å²) in [6.45, 7) is 1.77. The zero-order valence-electron chi connectivity index (χ0n) is 12.0. The molecule has 0 spiro atoms. The summed E-state index contributed by atoms with van der Waals surface area (Å²) in [5, 5.41) is 41.9. The van der Waals surface area contributed by atoms with E-state index in [1.165, 1.54) is 0 Å². The third-order valence-electron chi connectivity index (χ3n) is 3.90. The Hall–Kier alpha value is -1.02. The first kappa shape index (κ1) is 16.4. The SMILES string of the molecule is CC(NC[C@H]1O[C@H](CO)[C@@H](O)[C@@H]1O)C(O)c1ccccc1. The Morgan fingerprint density at radius 3 is 2.33 bits per heavy atom. The van der Waals surface area contributed by atoms with Crippen molar-refractivity contribution in [3.8, 4) is 0 Å². The van der Waals surface area contributed by atoms with Crippen molar-refractivity contribution in [3.63, 3.8) is 0 Å². The zero-order chi connectivity index (χ0) is 15.4. The molecule has 6 nitrogen and oxygen atoms in total. The summed E-state index contributed by atoms with van der Waals surface area (Å²) < 4.78 is 5.38. The molecule has 0 aliphatic carbocycles. The molecule has 6 atom stereocenters. The van der Waals surface area contributed by atoms with Crippen LogP contribution in [0.25, 0.3) is 0 Å². The molecular weight excluding hydrogens is 274 g/mol. The Kier molecular flexibility index (Phi) is 5.69. The number of aliphatic hydroxyl groups excluding tert-OH is 4. The summed E-state index contributed by atoms with van der Waals surface area (Å²) in [5.74, 6) is 0. The predicted molar refractivity (Wildman–Crippen MR) is 76.6 cm³/mol. The summed E-state index contributed by atoms with van der Waals surface area (Å²) in [7, 11) is 0. The first-order valence-electron chi connectivity index (χ1n) is 7.13. The minimum atomic E-state index is -1.09. The van der Waals surface area contributed by atoms with E-state index < -0.39 is 30.5 Å². The predicted octanol–water partition coefficient (Wildman–Crippen LogP) is -0.820. The van der Waals surface area contributed by atoms with E-state index in [9.17, 15) is 15.3 Å². The number of rotatable bonds is 6. The number of hydrogen-bond acceptors (Lipinski definition) is 6. The molecule has 1 heterocycles. The summed E-state index contributed by atoms with van der Waals surface area (Å²) in [6.07, 6.45) is -4.18. The topological polar surface area (TPSA) is 102 Å². The first-order chi connectivity index (χ1) is 10.0. The standard InChI is InChI=1S/C15H23NO5/c1-9(13(18)10-5-3-2-4-6-10)16-7-11-14(19)15(20)12(8-17)21-11/h2-6,9,11-20H,7-8H2,1H3/t9?,11-,12-,13?,14-,15-/m1/s1. The second-order valence-electron chi connectivity index (χ2n) is 5.43. The lowest BCUT2D eigenvalue weighted by Gasteiger charge is -2.23. The molecule has 2 unspecified atom stereocenters. The van der Waals surface area contributed by atoms with E-state index in [-0.39, 0.29) is 19.2 Å². The normalized spacial score (nSPS) is 32.0. The number of nitrogens with one attached hydrogen (secondary N) is 1. The van der Waals surface area contributed by atoms with Crippen LogP contribution in [0.5, 0.6) is 0 Å². The third-order valence-corrected chi connectivity index (χ3v) is 3.90. The molecule has 1 aromatic rings. The molecule has 6 heteroatoms. The molecule has 1 aliphatic rings. The molecule has 1 saturated heterocycles. The van der Waals surface area contributed by atoms with Crippen molar-refractivity contribution in [2.45, 2.75) is 43.5 Å². The minimum Gasteiger partial charge on any atom is -0.394 e. The number of hydrogen-bond donors (Lipinski definition) is 5. The van der Waals surface area contributed by atoms with Gasteiger partial charge in [0.15, 0.2) is 0 Å². The maximum atomic E-state index is 10.2. The monoisotopic (exact) mass is 297 g/mol. The van der Waals surface area contributed by atoms with E-state index >= 15 is 0 Å². The summed E-state index contributed by atoms with van der Waals surface area (Å²) in [4.78, 5) is 0. The van der Waals surface area contributed by atoms with E-state index in [0.717, 1.165) is 5.56 Å². The molecule has 0 amide bonds. The van der Waals surface area contributed by atoms with Gasteiger partial charge in [-0.15, -0.1) is 0 Å². The van der Waals surface area contributed by atoms with Gasteiger partial charge < -0.3 is 30.5 Å². The van der Waals surface area contributed by atoms with Gasteiger partial charge in [0.2, 0.25) is 0 Å². The Morgan fingerprint density at radius 2 is 1.76 bits per heavy atom. The fourth-order valence-corrected chi connectivity index (χ4v) is 2.50. The highest BCUT2D eigenvalue weighted by Gasteiger charge is 2.42. The van der Waals surface area contributed by atoms with Gasteiger partial charge in [-0.3, -0.25) is 0 Å². The Balaban J connectivity index is 1.85. The smallest absolute Gasteiger partial charge is 0.111 e. The molecule has 1 aromatic carbocycles. The van der Waals surface area contributed by atoms with Crippen molar-refractivity contribution in [1.29, 1.82) is 0 Å². The van der Waals surface area contributed by atoms with Crippen molar-refractivity contribution < 1.29 is 25.2 Å². The van der Waals surface area contributed by atoms with Gasteiger partial charge in [-0.25, -0.2) is 0 Å². The van der Waals surface area contributed by atoms with E-state index in [1.54, 1.807) is 0 Å². The number of aliphatic hydroxyl groups is 4. The highest BCUT2D eigenvalue weighted by Crippen LogP contribution is 2.21. The van der Waals surface area contributed by atoms with Gasteiger partial charge in [-0.05, 0) is 12.5 Å². The molecule has 0 aromatic heterocycles. The lowest BCUT2D eigenvalue weighted by atomic mass is 10.0. The fraction of sp³-hybridized carbons (Fsp3) is 0.600. The van der Waals surface area contributed by atoms with E-state index in [0.29, 0.717) is 0 Å². The van der Waals surface area contributed by atoms with Gasteiger partial charge in [0.1, 0.15) is 18.3 Å². The molecule has 0 bridgehead atoms. The van der Waals surface area contributed by atoms with Crippen LogP contribution in [0.15, 0.2) is 30.3 Å². The van der Waals surface area contributed by atoms with E-state index in [4.69, 9.17) is 9.84 Å². The van der Waals surface area contributed by atoms with Crippen molar-refractivity contribution in [2.75, 3.05) is 13.2 Å². The molecule has 1 fully saturated rings. The molecule has 0 radical (unpaired) electrons. The lowest BCUT2D eigenvalue weighted by Crippen LogP contribution is -2.42. The van der Waals surface area contributed by atoms with Crippen molar-refractivity contribution in [3.05, 3.63) is 35.9 Å². The van der Waals surface area contributed by atoms with Gasteiger partial charge >= 0.3 is 0 Å². The number of ether oxygens (including phenoxy) is 1. The average Bonchev–Trinajstić information content (AvgIpc) is 2.80. The van der Waals surface area contributed by atoms with Crippen LogP contribution in [-0.2, 0) is 4.74 Å². The van der Waals surface area contributed by atoms with Gasteiger partial charge in [-0.1, -0.05) is 30.3 Å². The Morgan fingerprint density at radius 1 is 1.14 bits per heavy atom. The van der Waals surface area contributed by atoms with Gasteiger partial charge in [-0.2, -0.15) is 0 Å². The molecule has 21 heavy (non-hydrogen) atoms. The van der Waals surface area contributed by atoms with Crippen LogP contribution in [0.4, 0.5) is 0 Å². The van der Waals surface area contributed by atoms with Crippen LogP contribution in [0, 0.1) is 0 Å². The first-order valence-corrected chi connectivity index (χ1v) is 7.13. The van der Waals surface area contributed by atoms with Crippen LogP contribution in [-0.4, -0.2) is 64.0 Å². The summed E-state index contributed by atoms with van der Waals surface area (Å²) in [5.41, 5.74) is 0.804. The Labute approximate surface area is 124 Å². The highest BCUT2D eigenvalue weighted by molar-refractivity contribution is 5.18. The van der Waals surface area contributed by atoms with E-state index in [1.807, 2.05) is 37.3 Å². The highest BCUT2D eigenvalue weighted by atomic mass is 16.6. The van der Waals surface area contributed by atoms with Crippen LogP contribution < -0.4 is 5.32 Å². The summed E-state index contributed by atoms with van der Waals surface area (Å²) >= 11 is 0. The second-order valence-corrected chi connectivity index (χ2v) is 5.43. The number of benzene rings is 1. The van der Waals surface area contributed by atoms with Gasteiger partial charge in [0, 0.05) is 12.6 Å². The molecule has 1 aliphatic heterocycles. The van der Waals surface area contributed by atoms with Crippen molar-refractivity contribution >= 4 is 0 Å². The van der Waals surface area contributed by atoms with Gasteiger partial charge in [0.05, 0.1) is 18.8 Å². The second kappa shape index (κ2) is 7.31. The van der Waals surface area contributed by atoms with Crippen LogP contribution in [0.3, 0.4) is 0 Å². The van der Waals surface area contributed by atoms with Crippen LogP contribution in [0.1, 0.15) is 18.6 Å². The largest absolute Gasteiger partial charge is 0.394 e. The maximum absolute atomic E-state index is 10.2. The van der Waals surface area contributed by atoms with Crippen molar-refractivity contribution in [2.24, 2.45) is 0 Å². The van der Waals surface area contributed by atoms with Gasteiger partial charge in [0.25, 0.3) is 0 Å².